The minimum Gasteiger partial charge on any atom is -0.365 e. The van der Waals surface area contributed by atoms with Crippen molar-refractivity contribution in [2.45, 2.75) is 33.2 Å². The number of benzene rings is 1. The van der Waals surface area contributed by atoms with E-state index < -0.39 is 0 Å². The molecule has 1 aliphatic heterocycles. The average Bonchev–Trinajstić information content (AvgIpc) is 2.49. The molecule has 0 bridgehead atoms. The molecule has 1 heterocycles. The highest BCUT2D eigenvalue weighted by Crippen LogP contribution is 2.30. The van der Waals surface area contributed by atoms with Crippen LogP contribution in [0, 0.1) is 23.7 Å². The van der Waals surface area contributed by atoms with E-state index in [0.29, 0.717) is 6.42 Å². The van der Waals surface area contributed by atoms with Gasteiger partial charge in [-0.1, -0.05) is 29.8 Å². The topological polar surface area (TPSA) is 39.1 Å². The number of aryl methyl sites for hydroxylation is 1. The fourth-order valence-corrected chi connectivity index (χ4v) is 3.32. The predicted octanol–water partition coefficient (Wildman–Crippen LogP) is 3.48. The van der Waals surface area contributed by atoms with Crippen LogP contribution >= 0.6 is 15.9 Å². The minimum absolute atomic E-state index is 0.198. The molecule has 0 spiro atoms. The quantitative estimate of drug-likeness (QED) is 0.899. The first-order chi connectivity index (χ1) is 9.43. The van der Waals surface area contributed by atoms with Crippen molar-refractivity contribution in [2.75, 3.05) is 24.5 Å². The summed E-state index contributed by atoms with van der Waals surface area (Å²) in [6.45, 7) is 9.50. The molecule has 0 amide bonds. The summed E-state index contributed by atoms with van der Waals surface area (Å²) in [7, 11) is 0. The second-order valence-corrected chi connectivity index (χ2v) is 7.29. The van der Waals surface area contributed by atoms with E-state index in [0.717, 1.165) is 24.1 Å². The Bertz CT molecular complexity index is 519. The molecule has 1 saturated heterocycles. The van der Waals surface area contributed by atoms with Crippen LogP contribution in [0.25, 0.3) is 0 Å². The molecule has 1 N–H and O–H groups in total. The van der Waals surface area contributed by atoms with E-state index >= 15 is 0 Å². The maximum atomic E-state index is 9.11. The van der Waals surface area contributed by atoms with Crippen molar-refractivity contribution in [3.63, 3.8) is 0 Å². The van der Waals surface area contributed by atoms with E-state index in [1.165, 1.54) is 11.3 Å². The fourth-order valence-electron chi connectivity index (χ4n) is 2.84. The van der Waals surface area contributed by atoms with Gasteiger partial charge in [-0.05, 0) is 36.1 Å². The molecule has 1 atom stereocenters. The van der Waals surface area contributed by atoms with Gasteiger partial charge in [0.2, 0.25) is 0 Å². The maximum Gasteiger partial charge on any atom is 0.0643 e. The fraction of sp³-hybridized carbons (Fsp3) is 0.562. The summed E-state index contributed by atoms with van der Waals surface area (Å²) in [5.41, 5.74) is 2.69. The van der Waals surface area contributed by atoms with Crippen molar-refractivity contribution in [1.29, 1.82) is 5.26 Å². The van der Waals surface area contributed by atoms with Gasteiger partial charge in [-0.3, -0.25) is 0 Å². The van der Waals surface area contributed by atoms with Crippen LogP contribution in [-0.4, -0.2) is 25.7 Å². The van der Waals surface area contributed by atoms with Crippen LogP contribution in [0.4, 0.5) is 5.69 Å². The Balaban J connectivity index is 2.38. The normalized spacial score (nSPS) is 22.1. The molecular weight excluding hydrogens is 314 g/mol. The van der Waals surface area contributed by atoms with Gasteiger partial charge in [0.25, 0.3) is 0 Å². The molecule has 1 fully saturated rings. The molecule has 0 radical (unpaired) electrons. The van der Waals surface area contributed by atoms with E-state index in [1.807, 2.05) is 0 Å². The van der Waals surface area contributed by atoms with E-state index in [-0.39, 0.29) is 11.5 Å². The summed E-state index contributed by atoms with van der Waals surface area (Å²) in [6, 6.07) is 8.95. The monoisotopic (exact) mass is 335 g/mol. The number of hydrogen-bond donors (Lipinski definition) is 1. The third kappa shape index (κ3) is 3.53. The van der Waals surface area contributed by atoms with Crippen LogP contribution < -0.4 is 10.2 Å². The number of nitrogens with zero attached hydrogens (tertiary/aromatic N) is 2. The van der Waals surface area contributed by atoms with Crippen molar-refractivity contribution in [3.05, 3.63) is 28.2 Å². The lowest BCUT2D eigenvalue weighted by Crippen LogP contribution is -2.42. The van der Waals surface area contributed by atoms with Crippen molar-refractivity contribution in [2.24, 2.45) is 5.41 Å². The van der Waals surface area contributed by atoms with Gasteiger partial charge in [0.1, 0.15) is 0 Å². The van der Waals surface area contributed by atoms with Crippen molar-refractivity contribution in [3.8, 4) is 6.07 Å². The van der Waals surface area contributed by atoms with Gasteiger partial charge in [-0.25, -0.2) is 0 Å². The Kier molecular flexibility index (Phi) is 4.72. The summed E-state index contributed by atoms with van der Waals surface area (Å²) in [5, 5.41) is 12.6. The molecule has 108 valence electrons. The van der Waals surface area contributed by atoms with E-state index in [9.17, 15) is 0 Å². The summed E-state index contributed by atoms with van der Waals surface area (Å²) >= 11 is 3.52. The number of anilines is 1. The molecule has 0 aliphatic carbocycles. The van der Waals surface area contributed by atoms with Gasteiger partial charge in [0, 0.05) is 29.8 Å². The van der Waals surface area contributed by atoms with Gasteiger partial charge in [0.15, 0.2) is 0 Å². The van der Waals surface area contributed by atoms with Crippen LogP contribution in [0.15, 0.2) is 22.7 Å². The standard InChI is InChI=1S/C16H22BrN3/c1-12-8-13(17)4-5-15(12)20-11-16(2,3)10-19-9-14(20)6-7-18/h4-5,8,14,19H,6,9-11H2,1-3H3. The van der Waals surface area contributed by atoms with Gasteiger partial charge >= 0.3 is 0 Å². The number of nitrogens with one attached hydrogen (secondary N) is 1. The molecule has 1 aromatic carbocycles. The van der Waals surface area contributed by atoms with Crippen LogP contribution in [0.5, 0.6) is 0 Å². The smallest absolute Gasteiger partial charge is 0.0643 e. The van der Waals surface area contributed by atoms with Gasteiger partial charge in [0.05, 0.1) is 18.5 Å². The molecule has 1 aliphatic rings. The lowest BCUT2D eigenvalue weighted by molar-refractivity contribution is 0.369. The highest BCUT2D eigenvalue weighted by atomic mass is 79.9. The first-order valence-corrected chi connectivity index (χ1v) is 7.83. The minimum atomic E-state index is 0.198. The number of rotatable bonds is 2. The lowest BCUT2D eigenvalue weighted by atomic mass is 9.92. The van der Waals surface area contributed by atoms with E-state index in [1.54, 1.807) is 0 Å². The second-order valence-electron chi connectivity index (χ2n) is 6.37. The van der Waals surface area contributed by atoms with Crippen LogP contribution in [-0.2, 0) is 0 Å². The van der Waals surface area contributed by atoms with Crippen molar-refractivity contribution < 1.29 is 0 Å². The summed E-state index contributed by atoms with van der Waals surface area (Å²) in [6.07, 6.45) is 0.554. The highest BCUT2D eigenvalue weighted by molar-refractivity contribution is 9.10. The number of hydrogen-bond acceptors (Lipinski definition) is 3. The van der Waals surface area contributed by atoms with Crippen LogP contribution in [0.1, 0.15) is 25.8 Å². The molecule has 0 aromatic heterocycles. The highest BCUT2D eigenvalue weighted by Gasteiger charge is 2.31. The summed E-state index contributed by atoms with van der Waals surface area (Å²) in [5.74, 6) is 0. The van der Waals surface area contributed by atoms with Crippen molar-refractivity contribution in [1.82, 2.24) is 5.32 Å². The van der Waals surface area contributed by atoms with E-state index in [4.69, 9.17) is 5.26 Å². The summed E-state index contributed by atoms with van der Waals surface area (Å²) < 4.78 is 1.10. The molecule has 1 unspecified atom stereocenters. The lowest BCUT2D eigenvalue weighted by Gasteiger charge is -2.36. The van der Waals surface area contributed by atoms with Gasteiger partial charge < -0.3 is 10.2 Å². The zero-order chi connectivity index (χ0) is 14.8. The Morgan fingerprint density at radius 1 is 1.50 bits per heavy atom. The molecule has 0 saturated carbocycles. The zero-order valence-electron chi connectivity index (χ0n) is 12.4. The molecular formula is C16H22BrN3. The average molecular weight is 336 g/mol. The van der Waals surface area contributed by atoms with Crippen LogP contribution in [0.2, 0.25) is 0 Å². The molecule has 3 nitrogen and oxygen atoms in total. The van der Waals surface area contributed by atoms with Crippen molar-refractivity contribution >= 4 is 21.6 Å². The molecule has 2 rings (SSSR count). The number of halogens is 1. The maximum absolute atomic E-state index is 9.11. The third-order valence-electron chi connectivity index (χ3n) is 3.82. The first-order valence-electron chi connectivity index (χ1n) is 7.03. The Morgan fingerprint density at radius 2 is 2.25 bits per heavy atom. The van der Waals surface area contributed by atoms with Gasteiger partial charge in [-0.15, -0.1) is 0 Å². The molecule has 1 aromatic rings. The first kappa shape index (κ1) is 15.3. The van der Waals surface area contributed by atoms with E-state index in [2.05, 4.69) is 71.2 Å². The molecule has 20 heavy (non-hydrogen) atoms. The second kappa shape index (κ2) is 6.15. The SMILES string of the molecule is Cc1cc(Br)ccc1N1CC(C)(C)CNCC1CC#N. The summed E-state index contributed by atoms with van der Waals surface area (Å²) in [4.78, 5) is 2.41. The largest absolute Gasteiger partial charge is 0.365 e. The number of nitriles is 1. The predicted molar refractivity (Wildman–Crippen MR) is 86.9 cm³/mol. The Morgan fingerprint density at radius 3 is 2.90 bits per heavy atom. The molecule has 4 heteroatoms. The third-order valence-corrected chi connectivity index (χ3v) is 4.31. The van der Waals surface area contributed by atoms with Crippen LogP contribution in [0.3, 0.4) is 0 Å². The Labute approximate surface area is 130 Å². The Hall–Kier alpha value is -1.05. The zero-order valence-corrected chi connectivity index (χ0v) is 14.0. The van der Waals surface area contributed by atoms with Gasteiger partial charge in [-0.2, -0.15) is 5.26 Å².